The lowest BCUT2D eigenvalue weighted by Crippen LogP contribution is -2.38. The second kappa shape index (κ2) is 12.5. The molecule has 0 heterocycles. The van der Waals surface area contributed by atoms with Crippen molar-refractivity contribution in [3.05, 3.63) is 58.1 Å². The number of aliphatic imine (C=N–C) groups is 1. The fraction of sp³-hybridized carbons (Fsp3) is 0.333. The minimum absolute atomic E-state index is 0. The van der Waals surface area contributed by atoms with Crippen molar-refractivity contribution in [3.8, 4) is 5.75 Å². The minimum atomic E-state index is -0.117. The molecule has 3 N–H and O–H groups in total. The number of carbonyl (C=O) groups excluding carboxylic acids is 1. The van der Waals surface area contributed by atoms with Crippen LogP contribution in [0.15, 0.2) is 41.4 Å². The summed E-state index contributed by atoms with van der Waals surface area (Å²) in [6.45, 7) is 4.98. The number of amides is 1. The third-order valence-electron chi connectivity index (χ3n) is 4.16. The zero-order valence-corrected chi connectivity index (χ0v) is 20.2. The number of benzene rings is 2. The van der Waals surface area contributed by atoms with Crippen LogP contribution < -0.4 is 20.7 Å². The predicted octanol–water partition coefficient (Wildman–Crippen LogP) is 4.28. The zero-order chi connectivity index (χ0) is 20.5. The number of rotatable bonds is 7. The number of aryl methyl sites for hydroxylation is 2. The summed E-state index contributed by atoms with van der Waals surface area (Å²) in [7, 11) is 3.35. The number of ether oxygens (including phenoxy) is 1. The van der Waals surface area contributed by atoms with E-state index < -0.39 is 0 Å². The Labute approximate surface area is 194 Å². The Balaban J connectivity index is 0.00000420. The van der Waals surface area contributed by atoms with Crippen molar-refractivity contribution in [1.29, 1.82) is 0 Å². The van der Waals surface area contributed by atoms with E-state index in [1.807, 2.05) is 44.2 Å². The average molecular weight is 531 g/mol. The quantitative estimate of drug-likeness (QED) is 0.284. The second-order valence-corrected chi connectivity index (χ2v) is 6.86. The maximum Gasteiger partial charge on any atom is 0.226 e. The Morgan fingerprint density at radius 1 is 1.10 bits per heavy atom. The number of hydrogen-bond acceptors (Lipinski definition) is 3. The van der Waals surface area contributed by atoms with Crippen LogP contribution in [-0.4, -0.2) is 32.6 Å². The van der Waals surface area contributed by atoms with Crippen LogP contribution in [0.5, 0.6) is 5.75 Å². The summed E-state index contributed by atoms with van der Waals surface area (Å²) < 4.78 is 5.41. The lowest BCUT2D eigenvalue weighted by atomic mass is 10.1. The summed E-state index contributed by atoms with van der Waals surface area (Å²) in [5, 5.41) is 9.71. The summed E-state index contributed by atoms with van der Waals surface area (Å²) in [5.41, 5.74) is 3.83. The van der Waals surface area contributed by atoms with Gasteiger partial charge in [-0.1, -0.05) is 29.8 Å². The number of anilines is 1. The van der Waals surface area contributed by atoms with E-state index in [1.54, 1.807) is 20.2 Å². The van der Waals surface area contributed by atoms with E-state index in [0.717, 1.165) is 22.4 Å². The van der Waals surface area contributed by atoms with Gasteiger partial charge >= 0.3 is 0 Å². The second-order valence-electron chi connectivity index (χ2n) is 6.45. The van der Waals surface area contributed by atoms with Crippen molar-refractivity contribution in [1.82, 2.24) is 10.6 Å². The molecule has 0 saturated carbocycles. The Morgan fingerprint density at radius 2 is 1.79 bits per heavy atom. The third-order valence-corrected chi connectivity index (χ3v) is 4.47. The number of nitrogens with one attached hydrogen (secondary N) is 3. The Hall–Kier alpha value is -2.00. The molecule has 1 amide bonds. The SMILES string of the molecule is CN=C(NCCC(=O)Nc1ccc(C)cc1Cl)NCc1ccc(C)cc1OC.I. The molecule has 8 heteroatoms. The highest BCUT2D eigenvalue weighted by atomic mass is 127. The normalized spacial score (nSPS) is 10.7. The number of carbonyl (C=O) groups is 1. The maximum atomic E-state index is 12.1. The highest BCUT2D eigenvalue weighted by Crippen LogP contribution is 2.22. The van der Waals surface area contributed by atoms with Crippen LogP contribution in [0.4, 0.5) is 5.69 Å². The highest BCUT2D eigenvalue weighted by molar-refractivity contribution is 14.0. The van der Waals surface area contributed by atoms with E-state index >= 15 is 0 Å². The van der Waals surface area contributed by atoms with E-state index in [0.29, 0.717) is 36.2 Å². The van der Waals surface area contributed by atoms with Gasteiger partial charge < -0.3 is 20.7 Å². The van der Waals surface area contributed by atoms with E-state index in [9.17, 15) is 4.79 Å². The molecule has 158 valence electrons. The number of hydrogen-bond donors (Lipinski definition) is 3. The van der Waals surface area contributed by atoms with Gasteiger partial charge in [0.05, 0.1) is 17.8 Å². The van der Waals surface area contributed by atoms with Crippen LogP contribution in [-0.2, 0) is 11.3 Å². The predicted molar refractivity (Wildman–Crippen MR) is 131 cm³/mol. The zero-order valence-electron chi connectivity index (χ0n) is 17.1. The van der Waals surface area contributed by atoms with Crippen LogP contribution in [0.2, 0.25) is 5.02 Å². The van der Waals surface area contributed by atoms with Gasteiger partial charge in [0.25, 0.3) is 0 Å². The third kappa shape index (κ3) is 8.10. The monoisotopic (exact) mass is 530 g/mol. The molecule has 0 radical (unpaired) electrons. The summed E-state index contributed by atoms with van der Waals surface area (Å²) in [6.07, 6.45) is 0.290. The molecule has 0 atom stereocenters. The van der Waals surface area contributed by atoms with Gasteiger partial charge in [0.15, 0.2) is 5.96 Å². The summed E-state index contributed by atoms with van der Waals surface area (Å²) in [5.74, 6) is 1.33. The first-order valence-electron chi connectivity index (χ1n) is 9.07. The molecule has 2 aromatic rings. The molecule has 0 aliphatic carbocycles. The molecular formula is C21H28ClIN4O2. The molecule has 2 rings (SSSR count). The topological polar surface area (TPSA) is 74.8 Å². The van der Waals surface area contributed by atoms with Gasteiger partial charge in [0.1, 0.15) is 5.75 Å². The molecule has 2 aromatic carbocycles. The standard InChI is InChI=1S/C21H27ClN4O2.HI/c1-14-6-8-18(17(22)11-14)26-20(27)9-10-24-21(23-3)25-13-16-7-5-15(2)12-19(16)28-4;/h5-8,11-12H,9-10,13H2,1-4H3,(H,26,27)(H2,23,24,25);1H. The van der Waals surface area contributed by atoms with E-state index in [1.165, 1.54) is 0 Å². The number of guanidine groups is 1. The smallest absolute Gasteiger partial charge is 0.226 e. The van der Waals surface area contributed by atoms with Crippen molar-refractivity contribution in [2.24, 2.45) is 4.99 Å². The fourth-order valence-electron chi connectivity index (χ4n) is 2.63. The van der Waals surface area contributed by atoms with E-state index in [2.05, 4.69) is 20.9 Å². The first-order valence-corrected chi connectivity index (χ1v) is 9.44. The molecule has 0 saturated heterocycles. The molecule has 0 bridgehead atoms. The van der Waals surface area contributed by atoms with Crippen LogP contribution in [0.3, 0.4) is 0 Å². The first kappa shape index (κ1) is 25.0. The summed E-state index contributed by atoms with van der Waals surface area (Å²) >= 11 is 6.14. The van der Waals surface area contributed by atoms with Crippen molar-refractivity contribution in [3.63, 3.8) is 0 Å². The van der Waals surface area contributed by atoms with Gasteiger partial charge in [-0.05, 0) is 43.2 Å². The Morgan fingerprint density at radius 3 is 2.45 bits per heavy atom. The minimum Gasteiger partial charge on any atom is -0.496 e. The maximum absolute atomic E-state index is 12.1. The molecule has 0 aliphatic heterocycles. The van der Waals surface area contributed by atoms with Gasteiger partial charge in [-0.25, -0.2) is 0 Å². The van der Waals surface area contributed by atoms with Gasteiger partial charge in [0.2, 0.25) is 5.91 Å². The van der Waals surface area contributed by atoms with Gasteiger partial charge in [-0.2, -0.15) is 0 Å². The average Bonchev–Trinajstić information content (AvgIpc) is 2.67. The fourth-order valence-corrected chi connectivity index (χ4v) is 2.91. The molecule has 6 nitrogen and oxygen atoms in total. The van der Waals surface area contributed by atoms with Crippen LogP contribution in [0, 0.1) is 13.8 Å². The lowest BCUT2D eigenvalue weighted by molar-refractivity contribution is -0.116. The van der Waals surface area contributed by atoms with E-state index in [-0.39, 0.29) is 29.9 Å². The molecular weight excluding hydrogens is 503 g/mol. The molecule has 0 fully saturated rings. The largest absolute Gasteiger partial charge is 0.496 e. The van der Waals surface area contributed by atoms with Crippen LogP contribution in [0.1, 0.15) is 23.1 Å². The lowest BCUT2D eigenvalue weighted by Gasteiger charge is -2.14. The molecule has 0 unspecified atom stereocenters. The van der Waals surface area contributed by atoms with Gasteiger partial charge in [0, 0.05) is 32.1 Å². The number of nitrogens with zero attached hydrogens (tertiary/aromatic N) is 1. The molecule has 0 aliphatic rings. The van der Waals surface area contributed by atoms with Crippen molar-refractivity contribution in [2.45, 2.75) is 26.8 Å². The van der Waals surface area contributed by atoms with Gasteiger partial charge in [-0.15, -0.1) is 24.0 Å². The Bertz CT molecular complexity index is 859. The van der Waals surface area contributed by atoms with Crippen molar-refractivity contribution in [2.75, 3.05) is 26.0 Å². The van der Waals surface area contributed by atoms with Crippen molar-refractivity contribution >= 4 is 53.1 Å². The molecule has 29 heavy (non-hydrogen) atoms. The highest BCUT2D eigenvalue weighted by Gasteiger charge is 2.08. The van der Waals surface area contributed by atoms with Gasteiger partial charge in [-0.3, -0.25) is 9.79 Å². The first-order chi connectivity index (χ1) is 13.4. The van der Waals surface area contributed by atoms with Crippen LogP contribution in [0.25, 0.3) is 0 Å². The Kier molecular flexibility index (Phi) is 10.8. The number of halogens is 2. The van der Waals surface area contributed by atoms with Crippen LogP contribution >= 0.6 is 35.6 Å². The summed E-state index contributed by atoms with van der Waals surface area (Å²) in [6, 6.07) is 11.6. The number of methoxy groups -OCH3 is 1. The summed E-state index contributed by atoms with van der Waals surface area (Å²) in [4.78, 5) is 16.3. The molecule has 0 spiro atoms. The van der Waals surface area contributed by atoms with Crippen molar-refractivity contribution < 1.29 is 9.53 Å². The molecule has 0 aromatic heterocycles. The van der Waals surface area contributed by atoms with E-state index in [4.69, 9.17) is 16.3 Å².